The second-order valence-electron chi connectivity index (χ2n) is 4.88. The lowest BCUT2D eigenvalue weighted by atomic mass is 10.2. The van der Waals surface area contributed by atoms with Gasteiger partial charge in [-0.25, -0.2) is 0 Å². The van der Waals surface area contributed by atoms with Crippen LogP contribution in [0, 0.1) is 13.8 Å². The first-order valence-corrected chi connectivity index (χ1v) is 6.98. The molecule has 0 saturated heterocycles. The third kappa shape index (κ3) is 3.12. The van der Waals surface area contributed by atoms with Crippen molar-refractivity contribution in [2.75, 3.05) is 25.0 Å². The highest BCUT2D eigenvalue weighted by Crippen LogP contribution is 2.26. The zero-order valence-corrected chi connectivity index (χ0v) is 12.1. The Morgan fingerprint density at radius 3 is 2.61 bits per heavy atom. The molecule has 1 aromatic rings. The minimum absolute atomic E-state index is 0.492. The van der Waals surface area contributed by atoms with Crippen molar-refractivity contribution in [2.24, 2.45) is 0 Å². The molecule has 0 spiro atoms. The van der Waals surface area contributed by atoms with Gasteiger partial charge in [-0.15, -0.1) is 10.2 Å². The summed E-state index contributed by atoms with van der Waals surface area (Å²) in [6.45, 7) is 9.30. The lowest BCUT2D eigenvalue weighted by molar-refractivity contribution is 0.289. The lowest BCUT2D eigenvalue weighted by Gasteiger charge is -2.20. The fourth-order valence-electron chi connectivity index (χ4n) is 2.10. The molecule has 1 aromatic heterocycles. The molecule has 1 fully saturated rings. The van der Waals surface area contributed by atoms with E-state index in [0.29, 0.717) is 5.15 Å². The van der Waals surface area contributed by atoms with E-state index in [1.165, 1.54) is 12.8 Å². The normalized spacial score (nSPS) is 15.2. The van der Waals surface area contributed by atoms with Crippen LogP contribution in [0.5, 0.6) is 0 Å². The number of nitrogens with one attached hydrogen (secondary N) is 1. The van der Waals surface area contributed by atoms with E-state index in [-0.39, 0.29) is 0 Å². The first kappa shape index (κ1) is 13.6. The Morgan fingerprint density at radius 2 is 2.00 bits per heavy atom. The molecule has 100 valence electrons. The van der Waals surface area contributed by atoms with Gasteiger partial charge < -0.3 is 5.32 Å². The minimum atomic E-state index is 0.492. The van der Waals surface area contributed by atoms with Crippen LogP contribution in [0.2, 0.25) is 5.15 Å². The van der Waals surface area contributed by atoms with Crippen molar-refractivity contribution in [1.29, 1.82) is 0 Å². The predicted molar refractivity (Wildman–Crippen MR) is 75.3 cm³/mol. The van der Waals surface area contributed by atoms with Gasteiger partial charge in [-0.05, 0) is 44.4 Å². The Labute approximate surface area is 114 Å². The SMILES string of the molecule is CCN(CCNc1nnc(Cl)c(C)c1C)C1CC1. The zero-order chi connectivity index (χ0) is 13.1. The maximum atomic E-state index is 5.93. The van der Waals surface area contributed by atoms with Crippen molar-refractivity contribution in [3.8, 4) is 0 Å². The van der Waals surface area contributed by atoms with Gasteiger partial charge in [0.25, 0.3) is 0 Å². The van der Waals surface area contributed by atoms with Crippen molar-refractivity contribution < 1.29 is 0 Å². The maximum Gasteiger partial charge on any atom is 0.155 e. The molecule has 1 saturated carbocycles. The highest BCUT2D eigenvalue weighted by atomic mass is 35.5. The number of halogens is 1. The first-order chi connectivity index (χ1) is 8.63. The fraction of sp³-hybridized carbons (Fsp3) is 0.692. The van der Waals surface area contributed by atoms with E-state index in [2.05, 4.69) is 27.3 Å². The molecule has 1 heterocycles. The fourth-order valence-corrected chi connectivity index (χ4v) is 2.28. The van der Waals surface area contributed by atoms with Crippen molar-refractivity contribution in [1.82, 2.24) is 15.1 Å². The average Bonchev–Trinajstić information content (AvgIpc) is 3.18. The summed E-state index contributed by atoms with van der Waals surface area (Å²) in [5.41, 5.74) is 2.09. The molecule has 1 aliphatic rings. The van der Waals surface area contributed by atoms with Gasteiger partial charge in [0.1, 0.15) is 0 Å². The predicted octanol–water partition coefficient (Wildman–Crippen LogP) is 2.64. The number of anilines is 1. The number of rotatable bonds is 6. The lowest BCUT2D eigenvalue weighted by Crippen LogP contribution is -2.31. The van der Waals surface area contributed by atoms with Gasteiger partial charge in [0.2, 0.25) is 0 Å². The molecule has 1 N–H and O–H groups in total. The van der Waals surface area contributed by atoms with Crippen molar-refractivity contribution in [3.05, 3.63) is 16.3 Å². The second kappa shape index (κ2) is 5.85. The molecule has 2 rings (SSSR count). The summed E-state index contributed by atoms with van der Waals surface area (Å²) in [5.74, 6) is 0.851. The molecule has 0 aromatic carbocycles. The summed E-state index contributed by atoms with van der Waals surface area (Å²) >= 11 is 5.93. The van der Waals surface area contributed by atoms with E-state index in [1.54, 1.807) is 0 Å². The van der Waals surface area contributed by atoms with Gasteiger partial charge in [0.05, 0.1) is 0 Å². The smallest absolute Gasteiger partial charge is 0.155 e. The Kier molecular flexibility index (Phi) is 4.40. The maximum absolute atomic E-state index is 5.93. The Hall–Kier alpha value is -0.870. The van der Waals surface area contributed by atoms with Crippen LogP contribution in [0.25, 0.3) is 0 Å². The van der Waals surface area contributed by atoms with E-state index in [1.807, 2.05) is 13.8 Å². The molecule has 0 amide bonds. The van der Waals surface area contributed by atoms with Crippen LogP contribution in [0.1, 0.15) is 30.9 Å². The van der Waals surface area contributed by atoms with E-state index in [9.17, 15) is 0 Å². The second-order valence-corrected chi connectivity index (χ2v) is 5.23. The van der Waals surface area contributed by atoms with Gasteiger partial charge in [-0.2, -0.15) is 0 Å². The first-order valence-electron chi connectivity index (χ1n) is 6.60. The molecule has 0 unspecified atom stereocenters. The van der Waals surface area contributed by atoms with Crippen LogP contribution < -0.4 is 5.32 Å². The van der Waals surface area contributed by atoms with Crippen LogP contribution in [-0.2, 0) is 0 Å². The molecule has 4 nitrogen and oxygen atoms in total. The van der Waals surface area contributed by atoms with Gasteiger partial charge in [0.15, 0.2) is 11.0 Å². The van der Waals surface area contributed by atoms with Crippen molar-refractivity contribution in [3.63, 3.8) is 0 Å². The van der Waals surface area contributed by atoms with E-state index < -0.39 is 0 Å². The van der Waals surface area contributed by atoms with Gasteiger partial charge in [-0.3, -0.25) is 4.90 Å². The highest BCUT2D eigenvalue weighted by molar-refractivity contribution is 6.30. The quantitative estimate of drug-likeness (QED) is 0.861. The summed E-state index contributed by atoms with van der Waals surface area (Å²) in [7, 11) is 0. The summed E-state index contributed by atoms with van der Waals surface area (Å²) in [5, 5.41) is 11.9. The van der Waals surface area contributed by atoms with E-state index >= 15 is 0 Å². The topological polar surface area (TPSA) is 41.0 Å². The average molecular weight is 269 g/mol. The molecule has 18 heavy (non-hydrogen) atoms. The zero-order valence-electron chi connectivity index (χ0n) is 11.3. The molecular formula is C13H21ClN4. The van der Waals surface area contributed by atoms with Crippen molar-refractivity contribution in [2.45, 2.75) is 39.7 Å². The number of aromatic nitrogens is 2. The van der Waals surface area contributed by atoms with Crippen LogP contribution in [-0.4, -0.2) is 40.8 Å². The van der Waals surface area contributed by atoms with E-state index in [0.717, 1.165) is 42.6 Å². The molecule has 0 aliphatic heterocycles. The molecule has 1 aliphatic carbocycles. The molecule has 5 heteroatoms. The van der Waals surface area contributed by atoms with Gasteiger partial charge in [-0.1, -0.05) is 18.5 Å². The summed E-state index contributed by atoms with van der Waals surface area (Å²) in [6, 6.07) is 0.816. The van der Waals surface area contributed by atoms with Crippen LogP contribution in [0.3, 0.4) is 0 Å². The molecule has 0 bridgehead atoms. The monoisotopic (exact) mass is 268 g/mol. The van der Waals surface area contributed by atoms with E-state index in [4.69, 9.17) is 11.6 Å². The highest BCUT2D eigenvalue weighted by Gasteiger charge is 2.27. The summed E-state index contributed by atoms with van der Waals surface area (Å²) < 4.78 is 0. The third-order valence-corrected chi connectivity index (χ3v) is 3.98. The summed E-state index contributed by atoms with van der Waals surface area (Å²) in [4.78, 5) is 2.51. The Morgan fingerprint density at radius 1 is 1.28 bits per heavy atom. The minimum Gasteiger partial charge on any atom is -0.367 e. The van der Waals surface area contributed by atoms with Crippen LogP contribution >= 0.6 is 11.6 Å². The number of hydrogen-bond acceptors (Lipinski definition) is 4. The largest absolute Gasteiger partial charge is 0.367 e. The number of hydrogen-bond donors (Lipinski definition) is 1. The molecular weight excluding hydrogens is 248 g/mol. The molecule has 0 radical (unpaired) electrons. The Balaban J connectivity index is 1.88. The summed E-state index contributed by atoms with van der Waals surface area (Å²) in [6.07, 6.45) is 2.71. The molecule has 0 atom stereocenters. The van der Waals surface area contributed by atoms with Gasteiger partial charge in [0, 0.05) is 19.1 Å². The van der Waals surface area contributed by atoms with Crippen LogP contribution in [0.15, 0.2) is 0 Å². The van der Waals surface area contributed by atoms with Crippen molar-refractivity contribution >= 4 is 17.4 Å². The van der Waals surface area contributed by atoms with Gasteiger partial charge >= 0.3 is 0 Å². The van der Waals surface area contributed by atoms with Crippen LogP contribution in [0.4, 0.5) is 5.82 Å². The number of nitrogens with zero attached hydrogens (tertiary/aromatic N) is 3. The Bertz CT molecular complexity index is 418. The standard InChI is InChI=1S/C13H21ClN4/c1-4-18(11-5-6-11)8-7-15-13-10(3)9(2)12(14)16-17-13/h11H,4-8H2,1-3H3,(H,15,17). The third-order valence-electron chi connectivity index (χ3n) is 3.63. The number of likely N-dealkylation sites (N-methyl/N-ethyl adjacent to an activating group) is 1.